The normalized spacial score (nSPS) is 10.1. The van der Waals surface area contributed by atoms with E-state index >= 15 is 0 Å². The third kappa shape index (κ3) is 4.27. The molecule has 5 heteroatoms. The number of carbonyl (C=O) groups excluding carboxylic acids is 3. The molecule has 0 spiro atoms. The lowest BCUT2D eigenvalue weighted by Gasteiger charge is -2.08. The van der Waals surface area contributed by atoms with Crippen LogP contribution in [-0.4, -0.2) is 24.8 Å². The van der Waals surface area contributed by atoms with Crippen molar-refractivity contribution in [2.24, 2.45) is 0 Å². The molecule has 134 valence electrons. The molecule has 0 saturated heterocycles. The van der Waals surface area contributed by atoms with Crippen molar-refractivity contribution in [3.63, 3.8) is 0 Å². The zero-order valence-corrected chi connectivity index (χ0v) is 14.6. The number of hydrogen-bond acceptors (Lipinski definition) is 4. The molecule has 0 radical (unpaired) electrons. The fourth-order valence-electron chi connectivity index (χ4n) is 2.57. The van der Waals surface area contributed by atoms with Crippen LogP contribution < -0.4 is 5.32 Å². The van der Waals surface area contributed by atoms with Crippen molar-refractivity contribution in [1.82, 2.24) is 0 Å². The minimum Gasteiger partial charge on any atom is -0.465 e. The highest BCUT2D eigenvalue weighted by atomic mass is 16.5. The number of rotatable bonds is 5. The molecule has 3 rings (SSSR count). The minimum absolute atomic E-state index is 0.117. The van der Waals surface area contributed by atoms with Crippen LogP contribution in [0.3, 0.4) is 0 Å². The molecule has 0 saturated carbocycles. The highest BCUT2D eigenvalue weighted by molar-refractivity contribution is 6.10. The summed E-state index contributed by atoms with van der Waals surface area (Å²) in [5.41, 5.74) is 2.34. The van der Waals surface area contributed by atoms with Gasteiger partial charge in [0.05, 0.1) is 12.7 Å². The van der Waals surface area contributed by atoms with E-state index in [0.717, 1.165) is 0 Å². The fraction of sp³-hybridized carbons (Fsp3) is 0.0455. The van der Waals surface area contributed by atoms with Crippen molar-refractivity contribution >= 4 is 23.3 Å². The third-order valence-corrected chi connectivity index (χ3v) is 3.99. The van der Waals surface area contributed by atoms with E-state index in [1.807, 2.05) is 6.07 Å². The molecule has 0 aromatic heterocycles. The van der Waals surface area contributed by atoms with Gasteiger partial charge in [-0.05, 0) is 36.4 Å². The minimum atomic E-state index is -0.464. The van der Waals surface area contributed by atoms with E-state index in [2.05, 4.69) is 10.1 Å². The zero-order valence-electron chi connectivity index (χ0n) is 14.6. The monoisotopic (exact) mass is 359 g/mol. The Morgan fingerprint density at radius 3 is 2.00 bits per heavy atom. The van der Waals surface area contributed by atoms with E-state index in [1.165, 1.54) is 19.2 Å². The van der Waals surface area contributed by atoms with Crippen LogP contribution in [0.5, 0.6) is 0 Å². The molecule has 27 heavy (non-hydrogen) atoms. The number of carbonyl (C=O) groups is 3. The predicted octanol–water partition coefficient (Wildman–Crippen LogP) is 3.96. The van der Waals surface area contributed by atoms with Crippen LogP contribution in [0.15, 0.2) is 78.9 Å². The molecule has 0 atom stereocenters. The van der Waals surface area contributed by atoms with Crippen molar-refractivity contribution in [1.29, 1.82) is 0 Å². The first-order valence-electron chi connectivity index (χ1n) is 8.28. The predicted molar refractivity (Wildman–Crippen MR) is 102 cm³/mol. The van der Waals surface area contributed by atoms with Crippen LogP contribution in [0.1, 0.15) is 36.6 Å². The first-order valence-corrected chi connectivity index (χ1v) is 8.28. The van der Waals surface area contributed by atoms with Crippen molar-refractivity contribution in [3.05, 3.63) is 101 Å². The summed E-state index contributed by atoms with van der Waals surface area (Å²) in [6, 6.07) is 21.8. The van der Waals surface area contributed by atoms with Crippen LogP contribution >= 0.6 is 0 Å². The summed E-state index contributed by atoms with van der Waals surface area (Å²) in [4.78, 5) is 36.4. The van der Waals surface area contributed by atoms with Crippen LogP contribution in [0.4, 0.5) is 5.69 Å². The van der Waals surface area contributed by atoms with Gasteiger partial charge >= 0.3 is 5.97 Å². The number of hydrogen-bond donors (Lipinski definition) is 1. The lowest BCUT2D eigenvalue weighted by atomic mass is 10.0. The Hall–Kier alpha value is -3.73. The summed E-state index contributed by atoms with van der Waals surface area (Å²) in [6.07, 6.45) is 0. The second kappa shape index (κ2) is 8.10. The molecule has 0 aliphatic rings. The van der Waals surface area contributed by atoms with E-state index in [4.69, 9.17) is 0 Å². The van der Waals surface area contributed by atoms with Crippen molar-refractivity contribution in [3.8, 4) is 0 Å². The van der Waals surface area contributed by atoms with E-state index in [0.29, 0.717) is 27.9 Å². The average Bonchev–Trinajstić information content (AvgIpc) is 2.73. The Morgan fingerprint density at radius 1 is 0.704 bits per heavy atom. The number of methoxy groups -OCH3 is 1. The van der Waals surface area contributed by atoms with Gasteiger partial charge in [-0.25, -0.2) is 4.79 Å². The molecule has 0 fully saturated rings. The number of ketones is 1. The Labute approximate surface area is 156 Å². The maximum Gasteiger partial charge on any atom is 0.337 e. The van der Waals surface area contributed by atoms with Gasteiger partial charge in [0.15, 0.2) is 5.78 Å². The summed E-state index contributed by atoms with van der Waals surface area (Å²) in [7, 11) is 1.30. The highest BCUT2D eigenvalue weighted by Crippen LogP contribution is 2.16. The smallest absolute Gasteiger partial charge is 0.337 e. The Balaban J connectivity index is 1.75. The van der Waals surface area contributed by atoms with Crippen molar-refractivity contribution < 1.29 is 19.1 Å². The molecule has 0 bridgehead atoms. The van der Waals surface area contributed by atoms with Gasteiger partial charge in [-0.2, -0.15) is 0 Å². The molecule has 0 aliphatic heterocycles. The second-order valence-corrected chi connectivity index (χ2v) is 5.80. The number of benzene rings is 3. The quantitative estimate of drug-likeness (QED) is 0.553. The standard InChI is InChI=1S/C22H17NO4/c1-27-22(26)17-12-10-16(11-13-17)21(25)23-19-9-5-8-18(14-19)20(24)15-6-3-2-4-7-15/h2-14H,1H3,(H,23,25). The Kier molecular flexibility index (Phi) is 5.42. The van der Waals surface area contributed by atoms with Crippen LogP contribution in [0.25, 0.3) is 0 Å². The number of esters is 1. The van der Waals surface area contributed by atoms with E-state index in [-0.39, 0.29) is 11.7 Å². The van der Waals surface area contributed by atoms with Gasteiger partial charge in [0, 0.05) is 22.4 Å². The van der Waals surface area contributed by atoms with Gasteiger partial charge in [0.2, 0.25) is 0 Å². The molecular formula is C22H17NO4. The van der Waals surface area contributed by atoms with E-state index in [1.54, 1.807) is 60.7 Å². The molecule has 5 nitrogen and oxygen atoms in total. The summed E-state index contributed by atoms with van der Waals surface area (Å²) in [6.45, 7) is 0. The lowest BCUT2D eigenvalue weighted by Crippen LogP contribution is -2.13. The zero-order chi connectivity index (χ0) is 19.2. The van der Waals surface area contributed by atoms with Gasteiger partial charge in [0.1, 0.15) is 0 Å². The number of ether oxygens (including phenoxy) is 1. The third-order valence-electron chi connectivity index (χ3n) is 3.99. The first-order chi connectivity index (χ1) is 13.1. The summed E-state index contributed by atoms with van der Waals surface area (Å²) < 4.78 is 4.63. The van der Waals surface area contributed by atoms with Crippen molar-refractivity contribution in [2.75, 3.05) is 12.4 Å². The van der Waals surface area contributed by atoms with E-state index < -0.39 is 5.97 Å². The van der Waals surface area contributed by atoms with Gasteiger partial charge in [-0.3, -0.25) is 9.59 Å². The molecule has 1 amide bonds. The summed E-state index contributed by atoms with van der Waals surface area (Å²) in [5.74, 6) is -0.918. The molecule has 3 aromatic rings. The van der Waals surface area contributed by atoms with E-state index in [9.17, 15) is 14.4 Å². The molecule has 0 aliphatic carbocycles. The largest absolute Gasteiger partial charge is 0.465 e. The SMILES string of the molecule is COC(=O)c1ccc(C(=O)Nc2cccc(C(=O)c3ccccc3)c2)cc1. The molecule has 1 N–H and O–H groups in total. The van der Waals surface area contributed by atoms with Gasteiger partial charge < -0.3 is 10.1 Å². The molecule has 0 heterocycles. The molecule has 3 aromatic carbocycles. The molecular weight excluding hydrogens is 342 g/mol. The topological polar surface area (TPSA) is 72.5 Å². The first kappa shape index (κ1) is 18.1. The highest BCUT2D eigenvalue weighted by Gasteiger charge is 2.12. The van der Waals surface area contributed by atoms with Crippen LogP contribution in [0, 0.1) is 0 Å². The van der Waals surface area contributed by atoms with Gasteiger partial charge in [-0.15, -0.1) is 0 Å². The average molecular weight is 359 g/mol. The maximum absolute atomic E-state index is 12.5. The number of nitrogens with one attached hydrogen (secondary N) is 1. The Morgan fingerprint density at radius 2 is 1.33 bits per heavy atom. The Bertz CT molecular complexity index is 979. The number of amides is 1. The van der Waals surface area contributed by atoms with Crippen LogP contribution in [-0.2, 0) is 4.74 Å². The molecule has 0 unspecified atom stereocenters. The number of anilines is 1. The maximum atomic E-state index is 12.5. The fourth-order valence-corrected chi connectivity index (χ4v) is 2.57. The second-order valence-electron chi connectivity index (χ2n) is 5.80. The van der Waals surface area contributed by atoms with Gasteiger partial charge in [0.25, 0.3) is 5.91 Å². The van der Waals surface area contributed by atoms with Crippen LogP contribution in [0.2, 0.25) is 0 Å². The van der Waals surface area contributed by atoms with Crippen molar-refractivity contribution in [2.45, 2.75) is 0 Å². The summed E-state index contributed by atoms with van der Waals surface area (Å²) >= 11 is 0. The summed E-state index contributed by atoms with van der Waals surface area (Å²) in [5, 5.41) is 2.76. The van der Waals surface area contributed by atoms with Gasteiger partial charge in [-0.1, -0.05) is 42.5 Å². The lowest BCUT2D eigenvalue weighted by molar-refractivity contribution is 0.0600.